The van der Waals surface area contributed by atoms with Crippen molar-refractivity contribution in [3.8, 4) is 0 Å². The molecule has 38 heavy (non-hydrogen) atoms. The molecule has 202 valence electrons. The van der Waals surface area contributed by atoms with Gasteiger partial charge in [-0.3, -0.25) is 14.8 Å². The number of anilines is 3. The number of aromatic nitrogens is 1. The van der Waals surface area contributed by atoms with E-state index in [4.69, 9.17) is 17.3 Å². The zero-order chi connectivity index (χ0) is 27.8. The molecule has 1 aromatic heterocycles. The lowest BCUT2D eigenvalue weighted by molar-refractivity contribution is -0.137. The third-order valence-corrected chi connectivity index (χ3v) is 7.08. The number of nitrogen functional groups attached to an aromatic ring is 1. The first-order chi connectivity index (χ1) is 17.8. The number of carbonyl (C=O) groups excluding carboxylic acids is 1. The Morgan fingerprint density at radius 2 is 2.00 bits per heavy atom. The Balaban J connectivity index is 1.62. The van der Waals surface area contributed by atoms with E-state index in [1.165, 1.54) is 17.4 Å². The molecule has 2 heterocycles. The molecule has 0 saturated heterocycles. The normalized spacial score (nSPS) is 13.9. The van der Waals surface area contributed by atoms with Crippen molar-refractivity contribution < 1.29 is 18.0 Å². The van der Waals surface area contributed by atoms with Crippen molar-refractivity contribution in [2.75, 3.05) is 23.1 Å². The molecule has 0 aliphatic carbocycles. The van der Waals surface area contributed by atoms with E-state index < -0.39 is 22.7 Å². The van der Waals surface area contributed by atoms with E-state index in [1.807, 2.05) is 34.0 Å². The summed E-state index contributed by atoms with van der Waals surface area (Å²) in [5, 5.41) is 9.25. The van der Waals surface area contributed by atoms with E-state index in [-0.39, 0.29) is 29.4 Å². The van der Waals surface area contributed by atoms with E-state index in [1.54, 1.807) is 34.4 Å². The molecular weight excluding hydrogens is 539 g/mol. The Morgan fingerprint density at radius 1 is 1.26 bits per heavy atom. The average Bonchev–Trinajstić information content (AvgIpc) is 3.43. The summed E-state index contributed by atoms with van der Waals surface area (Å²) in [5.41, 5.74) is 10.8. The molecule has 0 radical (unpaired) electrons. The first-order valence-corrected chi connectivity index (χ1v) is 12.8. The van der Waals surface area contributed by atoms with Crippen molar-refractivity contribution in [1.82, 2.24) is 20.8 Å². The number of nitrogens with one attached hydrogen (secondary N) is 3. The van der Waals surface area contributed by atoms with E-state index in [2.05, 4.69) is 21.2 Å². The molecule has 3 aromatic rings. The van der Waals surface area contributed by atoms with Gasteiger partial charge in [-0.05, 0) is 42.3 Å². The number of benzene rings is 2. The summed E-state index contributed by atoms with van der Waals surface area (Å²) in [5.74, 6) is -0.559. The van der Waals surface area contributed by atoms with Gasteiger partial charge >= 0.3 is 6.18 Å². The van der Waals surface area contributed by atoms with Crippen molar-refractivity contribution in [3.05, 3.63) is 74.9 Å². The van der Waals surface area contributed by atoms with Crippen molar-refractivity contribution in [2.24, 2.45) is 0 Å². The van der Waals surface area contributed by atoms with Crippen LogP contribution in [0.25, 0.3) is 5.70 Å². The fraction of sp³-hybridized carbons (Fsp3) is 0.280. The second-order valence-electron chi connectivity index (χ2n) is 9.09. The highest BCUT2D eigenvalue weighted by Crippen LogP contribution is 2.39. The quantitative estimate of drug-likeness (QED) is 0.295. The molecule has 8 nitrogen and oxygen atoms in total. The summed E-state index contributed by atoms with van der Waals surface area (Å²) in [7, 11) is 1.83. The molecule has 1 aliphatic rings. The largest absolute Gasteiger partial charge is 0.417 e. The molecule has 0 spiro atoms. The van der Waals surface area contributed by atoms with Gasteiger partial charge in [0.1, 0.15) is 0 Å². The zero-order valence-corrected chi connectivity index (χ0v) is 22.6. The number of nitrogens with two attached hydrogens (primary N) is 1. The van der Waals surface area contributed by atoms with Gasteiger partial charge in [0.25, 0.3) is 5.91 Å². The molecule has 0 unspecified atom stereocenters. The Bertz CT molecular complexity index is 1390. The molecule has 4 rings (SSSR count). The lowest BCUT2D eigenvalue weighted by Gasteiger charge is -2.22. The van der Waals surface area contributed by atoms with Crippen LogP contribution < -0.4 is 26.9 Å². The molecule has 1 amide bonds. The molecule has 5 N–H and O–H groups in total. The first kappa shape index (κ1) is 27.7. The number of nitrogens with zero attached hydrogens (tertiary/aromatic N) is 3. The summed E-state index contributed by atoms with van der Waals surface area (Å²) < 4.78 is 41.0. The average molecular weight is 566 g/mol. The molecule has 0 fully saturated rings. The Hall–Kier alpha value is -3.32. The topological polar surface area (TPSA) is 98.5 Å². The van der Waals surface area contributed by atoms with Crippen molar-refractivity contribution >= 4 is 51.0 Å². The van der Waals surface area contributed by atoms with Crippen LogP contribution in [0.2, 0.25) is 5.02 Å². The molecule has 0 bridgehead atoms. The minimum atomic E-state index is -4.68. The Kier molecular flexibility index (Phi) is 7.88. The van der Waals surface area contributed by atoms with Gasteiger partial charge in [0, 0.05) is 43.3 Å². The van der Waals surface area contributed by atoms with Crippen LogP contribution in [0.1, 0.15) is 45.8 Å². The SMILES string of the molecule is Cc1ccc(C(=O)Nc2cc(CNC(C)C)c(Cl)c(C(F)(F)F)c2)cc1N1C=C(c2cnc(N)s2)N(C)N1. The minimum Gasteiger partial charge on any atom is -0.375 e. The molecule has 0 atom stereocenters. The Labute approximate surface area is 227 Å². The van der Waals surface area contributed by atoms with Crippen LogP contribution in [0.3, 0.4) is 0 Å². The number of hydrogen-bond acceptors (Lipinski definition) is 8. The maximum absolute atomic E-state index is 13.7. The lowest BCUT2D eigenvalue weighted by atomic mass is 10.1. The second kappa shape index (κ2) is 10.8. The predicted octanol–water partition coefficient (Wildman–Crippen LogP) is 5.63. The van der Waals surface area contributed by atoms with Crippen molar-refractivity contribution in [3.63, 3.8) is 0 Å². The summed E-state index contributed by atoms with van der Waals surface area (Å²) in [6.45, 7) is 5.75. The van der Waals surface area contributed by atoms with E-state index in [0.29, 0.717) is 10.8 Å². The number of hydrogen-bond donors (Lipinski definition) is 4. The predicted molar refractivity (Wildman–Crippen MR) is 145 cm³/mol. The summed E-state index contributed by atoms with van der Waals surface area (Å²) in [6.07, 6.45) is -1.15. The summed E-state index contributed by atoms with van der Waals surface area (Å²) >= 11 is 7.42. The van der Waals surface area contributed by atoms with Gasteiger partial charge in [-0.15, -0.1) is 5.53 Å². The third-order valence-electron chi connectivity index (χ3n) is 5.79. The smallest absolute Gasteiger partial charge is 0.375 e. The fourth-order valence-corrected chi connectivity index (χ4v) is 4.84. The van der Waals surface area contributed by atoms with Gasteiger partial charge in [0.2, 0.25) is 0 Å². The van der Waals surface area contributed by atoms with Crippen molar-refractivity contribution in [1.29, 1.82) is 0 Å². The van der Waals surface area contributed by atoms with Crippen molar-refractivity contribution in [2.45, 2.75) is 39.5 Å². The summed E-state index contributed by atoms with van der Waals surface area (Å²) in [6, 6.07) is 7.38. The van der Waals surface area contributed by atoms with Crippen LogP contribution in [0, 0.1) is 6.92 Å². The molecule has 0 saturated carbocycles. The van der Waals surface area contributed by atoms with E-state index in [9.17, 15) is 18.0 Å². The van der Waals surface area contributed by atoms with Gasteiger partial charge in [-0.2, -0.15) is 13.2 Å². The summed E-state index contributed by atoms with van der Waals surface area (Å²) in [4.78, 5) is 18.1. The van der Waals surface area contributed by atoms with Gasteiger partial charge in [0.15, 0.2) is 5.13 Å². The highest BCUT2D eigenvalue weighted by molar-refractivity contribution is 7.16. The highest BCUT2D eigenvalue weighted by Gasteiger charge is 2.35. The number of carbonyl (C=O) groups is 1. The lowest BCUT2D eigenvalue weighted by Crippen LogP contribution is -2.38. The Morgan fingerprint density at radius 3 is 2.63 bits per heavy atom. The fourth-order valence-electron chi connectivity index (χ4n) is 3.83. The van der Waals surface area contributed by atoms with Gasteiger partial charge in [0.05, 0.1) is 26.8 Å². The van der Waals surface area contributed by atoms with Gasteiger partial charge < -0.3 is 16.4 Å². The minimum absolute atomic E-state index is 0.00148. The van der Waals surface area contributed by atoms with Crippen LogP contribution in [-0.4, -0.2) is 29.0 Å². The number of hydrazine groups is 2. The van der Waals surface area contributed by atoms with Crippen LogP contribution >= 0.6 is 22.9 Å². The van der Waals surface area contributed by atoms with Gasteiger partial charge in [-0.25, -0.2) is 4.98 Å². The monoisotopic (exact) mass is 565 g/mol. The number of alkyl halides is 3. The molecule has 1 aliphatic heterocycles. The molecule has 2 aromatic carbocycles. The molecule has 13 heteroatoms. The maximum Gasteiger partial charge on any atom is 0.417 e. The molecular formula is C25H27ClF3N7OS. The number of rotatable bonds is 7. The second-order valence-corrected chi connectivity index (χ2v) is 10.5. The van der Waals surface area contributed by atoms with E-state index in [0.717, 1.165) is 22.2 Å². The standard InChI is InChI=1S/C25H27ClF3N7OS/c1-13(2)31-10-16-7-17(9-18(22(16)26)25(27,28)29)33-23(37)15-6-5-14(3)19(8-15)36-12-20(35(4)34-36)21-11-32-24(30)38-21/h5-9,11-13,31,34H,10H2,1-4H3,(H2,30,32)(H,33,37). The zero-order valence-electron chi connectivity index (χ0n) is 21.1. The third kappa shape index (κ3) is 6.04. The van der Waals surface area contributed by atoms with Crippen LogP contribution in [0.5, 0.6) is 0 Å². The number of aryl methyl sites for hydroxylation is 1. The number of thiazole rings is 1. The number of amides is 1. The van der Waals surface area contributed by atoms with Gasteiger partial charge in [-0.1, -0.05) is 42.9 Å². The van der Waals surface area contributed by atoms with E-state index >= 15 is 0 Å². The van der Waals surface area contributed by atoms with Crippen LogP contribution in [-0.2, 0) is 12.7 Å². The number of halogens is 4. The first-order valence-electron chi connectivity index (χ1n) is 11.6. The van der Waals surface area contributed by atoms with Crippen LogP contribution in [0.15, 0.2) is 42.7 Å². The van der Waals surface area contributed by atoms with Crippen LogP contribution in [0.4, 0.5) is 29.7 Å². The highest BCUT2D eigenvalue weighted by atomic mass is 35.5. The maximum atomic E-state index is 13.7.